The third-order valence-corrected chi connectivity index (χ3v) is 5.82. The number of carbonyl (C=O) groups is 5. The third kappa shape index (κ3) is 12.6. The van der Waals surface area contributed by atoms with E-state index in [0.29, 0.717) is 19.4 Å². The highest BCUT2D eigenvalue weighted by Crippen LogP contribution is 2.10. The Morgan fingerprint density at radius 3 is 1.95 bits per heavy atom. The summed E-state index contributed by atoms with van der Waals surface area (Å²) in [5.74, 6) is -4.29. The molecule has 0 aromatic heterocycles. The van der Waals surface area contributed by atoms with E-state index in [9.17, 15) is 29.1 Å². The summed E-state index contributed by atoms with van der Waals surface area (Å²) in [7, 11) is 0. The van der Waals surface area contributed by atoms with E-state index in [1.807, 2.05) is 13.8 Å². The first-order chi connectivity index (χ1) is 17.9. The van der Waals surface area contributed by atoms with Gasteiger partial charge in [0.1, 0.15) is 18.1 Å². The highest BCUT2D eigenvalue weighted by Gasteiger charge is 2.30. The Labute approximate surface area is 222 Å². The van der Waals surface area contributed by atoms with Gasteiger partial charge in [0.15, 0.2) is 0 Å². The molecule has 0 spiro atoms. The maximum absolute atomic E-state index is 13.2. The first-order valence-corrected chi connectivity index (χ1v) is 12.8. The molecule has 9 N–H and O–H groups in total. The number of aliphatic carboxylic acids is 2. The molecule has 0 radical (unpaired) electrons. The van der Waals surface area contributed by atoms with Gasteiger partial charge in [-0.2, -0.15) is 0 Å². The molecule has 0 saturated heterocycles. The average molecular weight is 536 g/mol. The molecule has 38 heavy (non-hydrogen) atoms. The molecule has 1 aromatic rings. The lowest BCUT2D eigenvalue weighted by Gasteiger charge is -2.26. The van der Waals surface area contributed by atoms with E-state index in [2.05, 4.69) is 16.0 Å². The first-order valence-electron chi connectivity index (χ1n) is 12.8. The number of unbranched alkanes of at least 4 members (excludes halogenated alkanes) is 1. The van der Waals surface area contributed by atoms with E-state index >= 15 is 0 Å². The fraction of sp³-hybridized carbons (Fsp3) is 0.577. The zero-order valence-corrected chi connectivity index (χ0v) is 22.0. The highest BCUT2D eigenvalue weighted by atomic mass is 16.4. The summed E-state index contributed by atoms with van der Waals surface area (Å²) in [6.07, 6.45) is 1.23. The molecule has 12 heteroatoms. The molecule has 0 bridgehead atoms. The van der Waals surface area contributed by atoms with Gasteiger partial charge in [0.25, 0.3) is 0 Å². The van der Waals surface area contributed by atoms with E-state index < -0.39 is 53.8 Å². The second kappa shape index (κ2) is 17.1. The van der Waals surface area contributed by atoms with E-state index in [-0.39, 0.29) is 38.0 Å². The van der Waals surface area contributed by atoms with Gasteiger partial charge in [-0.25, -0.2) is 4.79 Å². The number of amides is 3. The monoisotopic (exact) mass is 535 g/mol. The molecule has 4 atom stereocenters. The van der Waals surface area contributed by atoms with Gasteiger partial charge < -0.3 is 37.6 Å². The van der Waals surface area contributed by atoms with Crippen LogP contribution in [-0.4, -0.2) is 70.6 Å². The van der Waals surface area contributed by atoms with Gasteiger partial charge in [-0.05, 0) is 50.1 Å². The Morgan fingerprint density at radius 2 is 1.39 bits per heavy atom. The molecule has 0 aliphatic heterocycles. The summed E-state index contributed by atoms with van der Waals surface area (Å²) < 4.78 is 0. The zero-order chi connectivity index (χ0) is 28.7. The van der Waals surface area contributed by atoms with E-state index in [0.717, 1.165) is 5.56 Å². The van der Waals surface area contributed by atoms with Crippen molar-refractivity contribution in [3.63, 3.8) is 0 Å². The van der Waals surface area contributed by atoms with Crippen molar-refractivity contribution in [3.8, 4) is 0 Å². The Morgan fingerprint density at radius 1 is 0.816 bits per heavy atom. The summed E-state index contributed by atoms with van der Waals surface area (Å²) in [5.41, 5.74) is 12.1. The fourth-order valence-electron chi connectivity index (χ4n) is 3.75. The van der Waals surface area contributed by atoms with Crippen LogP contribution in [-0.2, 0) is 30.4 Å². The van der Waals surface area contributed by atoms with Crippen LogP contribution in [0.15, 0.2) is 30.3 Å². The van der Waals surface area contributed by atoms with Crippen LogP contribution >= 0.6 is 0 Å². The number of carboxylic acid groups (broad SMARTS) is 2. The van der Waals surface area contributed by atoms with Crippen molar-refractivity contribution < 1.29 is 34.2 Å². The molecule has 0 aliphatic rings. The maximum atomic E-state index is 13.2. The van der Waals surface area contributed by atoms with E-state index in [1.54, 1.807) is 30.3 Å². The molecule has 212 valence electrons. The maximum Gasteiger partial charge on any atom is 0.326 e. The zero-order valence-electron chi connectivity index (χ0n) is 22.0. The van der Waals surface area contributed by atoms with Crippen LogP contribution in [0.25, 0.3) is 0 Å². The second-order valence-electron chi connectivity index (χ2n) is 9.66. The van der Waals surface area contributed by atoms with Crippen LogP contribution in [0.5, 0.6) is 0 Å². The second-order valence-corrected chi connectivity index (χ2v) is 9.66. The van der Waals surface area contributed by atoms with Crippen LogP contribution in [0, 0.1) is 5.92 Å². The summed E-state index contributed by atoms with van der Waals surface area (Å²) in [4.78, 5) is 61.4. The summed E-state index contributed by atoms with van der Waals surface area (Å²) >= 11 is 0. The van der Waals surface area contributed by atoms with Gasteiger partial charge in [-0.15, -0.1) is 0 Å². The Bertz CT molecular complexity index is 926. The number of hydrogen-bond acceptors (Lipinski definition) is 7. The van der Waals surface area contributed by atoms with Crippen molar-refractivity contribution in [2.45, 2.75) is 83.0 Å². The molecular weight excluding hydrogens is 494 g/mol. The van der Waals surface area contributed by atoms with Crippen molar-refractivity contribution >= 4 is 29.7 Å². The Hall–Kier alpha value is -3.51. The number of benzene rings is 1. The lowest BCUT2D eigenvalue weighted by molar-refractivity contribution is -0.142. The topological polar surface area (TPSA) is 214 Å². The quantitative estimate of drug-likeness (QED) is 0.127. The molecule has 1 rings (SSSR count). The van der Waals surface area contributed by atoms with Crippen molar-refractivity contribution in [1.29, 1.82) is 0 Å². The van der Waals surface area contributed by atoms with Crippen LogP contribution in [0.2, 0.25) is 0 Å². The van der Waals surface area contributed by atoms with Gasteiger partial charge in [-0.1, -0.05) is 44.2 Å². The molecule has 0 aliphatic carbocycles. The standard InChI is InChI=1S/C26H41N5O7/c1-16(2)14-20(25(36)31-21(26(37)38)15-17-8-4-3-5-9-17)30-24(35)19(10-6-7-13-27)29-23(34)18(28)11-12-22(32)33/h3-5,8-9,16,18-21H,6-7,10-15,27-28H2,1-2H3,(H,29,34)(H,30,35)(H,31,36)(H,32,33)(H,37,38). The molecule has 0 saturated carbocycles. The number of nitrogens with two attached hydrogens (primary N) is 2. The number of carboxylic acids is 2. The predicted molar refractivity (Wildman–Crippen MR) is 141 cm³/mol. The van der Waals surface area contributed by atoms with E-state index in [4.69, 9.17) is 16.6 Å². The van der Waals surface area contributed by atoms with Crippen LogP contribution in [0.1, 0.15) is 57.9 Å². The molecule has 0 heterocycles. The minimum absolute atomic E-state index is 0.0156. The van der Waals surface area contributed by atoms with Crippen LogP contribution in [0.3, 0.4) is 0 Å². The van der Waals surface area contributed by atoms with Gasteiger partial charge in [0, 0.05) is 12.8 Å². The normalized spacial score (nSPS) is 14.1. The van der Waals surface area contributed by atoms with Crippen molar-refractivity contribution in [1.82, 2.24) is 16.0 Å². The average Bonchev–Trinajstić information content (AvgIpc) is 2.85. The first kappa shape index (κ1) is 32.5. The molecule has 1 aromatic carbocycles. The van der Waals surface area contributed by atoms with Crippen LogP contribution in [0.4, 0.5) is 0 Å². The van der Waals surface area contributed by atoms with Crippen molar-refractivity contribution in [2.24, 2.45) is 17.4 Å². The number of hydrogen-bond donors (Lipinski definition) is 7. The molecular formula is C26H41N5O7. The molecule has 12 nitrogen and oxygen atoms in total. The fourth-order valence-corrected chi connectivity index (χ4v) is 3.75. The number of nitrogens with one attached hydrogen (secondary N) is 3. The predicted octanol–water partition coefficient (Wildman–Crippen LogP) is 0.135. The van der Waals surface area contributed by atoms with Crippen LogP contribution < -0.4 is 27.4 Å². The largest absolute Gasteiger partial charge is 0.481 e. The van der Waals surface area contributed by atoms with E-state index in [1.165, 1.54) is 0 Å². The molecule has 3 amide bonds. The Balaban J connectivity index is 2.98. The smallest absolute Gasteiger partial charge is 0.326 e. The highest BCUT2D eigenvalue weighted by molar-refractivity contribution is 5.94. The summed E-state index contributed by atoms with van der Waals surface area (Å²) in [6.45, 7) is 4.09. The number of rotatable bonds is 18. The van der Waals surface area contributed by atoms with Gasteiger partial charge in [-0.3, -0.25) is 19.2 Å². The summed E-state index contributed by atoms with van der Waals surface area (Å²) in [6, 6.07) is 4.43. The minimum Gasteiger partial charge on any atom is -0.481 e. The lowest BCUT2D eigenvalue weighted by Crippen LogP contribution is -2.57. The minimum atomic E-state index is -1.21. The summed E-state index contributed by atoms with van der Waals surface area (Å²) in [5, 5.41) is 26.2. The van der Waals surface area contributed by atoms with Gasteiger partial charge in [0.2, 0.25) is 17.7 Å². The SMILES string of the molecule is CC(C)CC(NC(=O)C(CCCCN)NC(=O)C(N)CCC(=O)O)C(=O)NC(Cc1ccccc1)C(=O)O. The van der Waals surface area contributed by atoms with Gasteiger partial charge in [0.05, 0.1) is 6.04 Å². The van der Waals surface area contributed by atoms with Crippen molar-refractivity contribution in [2.75, 3.05) is 6.54 Å². The molecule has 4 unspecified atom stereocenters. The Kier molecular flexibility index (Phi) is 14.6. The number of carbonyl (C=O) groups excluding carboxylic acids is 3. The van der Waals surface area contributed by atoms with Gasteiger partial charge >= 0.3 is 11.9 Å². The lowest BCUT2D eigenvalue weighted by atomic mass is 10.00. The van der Waals surface area contributed by atoms with Crippen molar-refractivity contribution in [3.05, 3.63) is 35.9 Å². The molecule has 0 fully saturated rings. The third-order valence-electron chi connectivity index (χ3n) is 5.82.